The van der Waals surface area contributed by atoms with Gasteiger partial charge in [0.1, 0.15) is 5.75 Å². The first kappa shape index (κ1) is 22.4. The Morgan fingerprint density at radius 3 is 2.19 bits per heavy atom. The number of para-hydroxylation sites is 1. The van der Waals surface area contributed by atoms with E-state index in [1.54, 1.807) is 36.4 Å². The molecule has 3 aromatic carbocycles. The van der Waals surface area contributed by atoms with Crippen LogP contribution < -0.4 is 14.8 Å². The Morgan fingerprint density at radius 2 is 1.58 bits per heavy atom. The van der Waals surface area contributed by atoms with Gasteiger partial charge in [-0.05, 0) is 79.9 Å². The normalized spacial score (nSPS) is 12.1. The van der Waals surface area contributed by atoms with Crippen LogP contribution in [0.5, 0.6) is 5.75 Å². The lowest BCUT2D eigenvalue weighted by molar-refractivity contribution is -0.122. The fourth-order valence-corrected chi connectivity index (χ4v) is 3.99. The van der Waals surface area contributed by atoms with Gasteiger partial charge in [0.25, 0.3) is 15.9 Å². The Hall–Kier alpha value is -3.32. The zero-order chi connectivity index (χ0) is 22.4. The molecule has 1 amide bonds. The molecule has 0 aromatic heterocycles. The molecule has 0 aliphatic carbocycles. The molecule has 0 radical (unpaired) electrons. The van der Waals surface area contributed by atoms with E-state index in [1.165, 1.54) is 12.1 Å². The minimum absolute atomic E-state index is 0.104. The first-order chi connectivity index (χ1) is 14.8. The lowest BCUT2D eigenvalue weighted by atomic mass is 10.1. The van der Waals surface area contributed by atoms with Crippen molar-refractivity contribution in [3.63, 3.8) is 0 Å². The fourth-order valence-electron chi connectivity index (χ4n) is 2.93. The van der Waals surface area contributed by atoms with E-state index < -0.39 is 16.1 Å². The molecule has 1 atom stereocenters. The number of carbonyl (C=O) groups is 1. The summed E-state index contributed by atoms with van der Waals surface area (Å²) in [6, 6.07) is 20.4. The molecular weight excluding hydrogens is 412 g/mol. The summed E-state index contributed by atoms with van der Waals surface area (Å²) in [4.78, 5) is 12.8. The van der Waals surface area contributed by atoms with Gasteiger partial charge in [0, 0.05) is 11.4 Å². The second kappa shape index (κ2) is 9.66. The van der Waals surface area contributed by atoms with Gasteiger partial charge in [-0.2, -0.15) is 0 Å². The Balaban J connectivity index is 1.66. The molecule has 0 spiro atoms. The maximum absolute atomic E-state index is 12.7. The van der Waals surface area contributed by atoms with Gasteiger partial charge >= 0.3 is 0 Å². The monoisotopic (exact) mass is 438 g/mol. The number of hydrogen-bond acceptors (Lipinski definition) is 4. The number of ether oxygens (including phenoxy) is 1. The highest BCUT2D eigenvalue weighted by atomic mass is 32.2. The van der Waals surface area contributed by atoms with Crippen molar-refractivity contribution in [3.05, 3.63) is 83.9 Å². The van der Waals surface area contributed by atoms with E-state index in [1.807, 2.05) is 45.0 Å². The van der Waals surface area contributed by atoms with E-state index in [2.05, 4.69) is 10.0 Å². The summed E-state index contributed by atoms with van der Waals surface area (Å²) >= 11 is 0. The Kier molecular flexibility index (Phi) is 6.97. The van der Waals surface area contributed by atoms with Crippen LogP contribution in [0.2, 0.25) is 0 Å². The quantitative estimate of drug-likeness (QED) is 0.524. The highest BCUT2D eigenvalue weighted by Gasteiger charge is 2.20. The molecule has 2 N–H and O–H groups in total. The summed E-state index contributed by atoms with van der Waals surface area (Å²) < 4.78 is 33.4. The summed E-state index contributed by atoms with van der Waals surface area (Å²) in [6.07, 6.45) is -0.170. The Labute approximate surface area is 183 Å². The van der Waals surface area contributed by atoms with Crippen molar-refractivity contribution < 1.29 is 17.9 Å². The van der Waals surface area contributed by atoms with Crippen LogP contribution in [0.1, 0.15) is 24.5 Å². The molecule has 0 aliphatic heterocycles. The third-order valence-corrected chi connectivity index (χ3v) is 6.28. The van der Waals surface area contributed by atoms with E-state index in [4.69, 9.17) is 4.74 Å². The fraction of sp³-hybridized carbons (Fsp3) is 0.208. The topological polar surface area (TPSA) is 84.5 Å². The first-order valence-corrected chi connectivity index (χ1v) is 11.5. The summed E-state index contributed by atoms with van der Waals surface area (Å²) in [6.45, 7) is 5.88. The number of carbonyl (C=O) groups excluding carboxylic acids is 1. The molecule has 6 nitrogen and oxygen atoms in total. The molecule has 0 fully saturated rings. The number of hydrogen-bond donors (Lipinski definition) is 2. The van der Waals surface area contributed by atoms with Gasteiger partial charge in [-0.1, -0.05) is 31.2 Å². The van der Waals surface area contributed by atoms with Crippen molar-refractivity contribution in [1.82, 2.24) is 0 Å². The van der Waals surface area contributed by atoms with Gasteiger partial charge in [-0.3, -0.25) is 9.52 Å². The highest BCUT2D eigenvalue weighted by Crippen LogP contribution is 2.21. The number of benzene rings is 3. The average molecular weight is 439 g/mol. The second-order valence-corrected chi connectivity index (χ2v) is 8.93. The van der Waals surface area contributed by atoms with Crippen LogP contribution in [0.15, 0.2) is 77.7 Å². The minimum atomic E-state index is -3.72. The SMILES string of the molecule is CC[C@H](Oc1ccc(C)c(C)c1)C(=O)Nc1ccc(S(=O)(=O)Nc2ccccc2)cc1. The summed E-state index contributed by atoms with van der Waals surface area (Å²) in [5, 5.41) is 2.79. The number of aryl methyl sites for hydroxylation is 2. The Bertz CT molecular complexity index is 1140. The molecule has 0 bridgehead atoms. The third kappa shape index (κ3) is 5.86. The van der Waals surface area contributed by atoms with Crippen molar-refractivity contribution in [2.75, 3.05) is 10.0 Å². The van der Waals surface area contributed by atoms with Crippen LogP contribution in [-0.2, 0) is 14.8 Å². The van der Waals surface area contributed by atoms with Crippen molar-refractivity contribution in [2.24, 2.45) is 0 Å². The van der Waals surface area contributed by atoms with Crippen molar-refractivity contribution >= 4 is 27.3 Å². The van der Waals surface area contributed by atoms with Crippen LogP contribution >= 0.6 is 0 Å². The minimum Gasteiger partial charge on any atom is -0.481 e. The largest absolute Gasteiger partial charge is 0.481 e. The zero-order valence-corrected chi connectivity index (χ0v) is 18.6. The first-order valence-electron chi connectivity index (χ1n) is 10.0. The number of rotatable bonds is 8. The number of anilines is 2. The molecule has 0 aliphatic rings. The average Bonchev–Trinajstić information content (AvgIpc) is 2.75. The van der Waals surface area contributed by atoms with Gasteiger partial charge in [0.15, 0.2) is 6.10 Å². The molecule has 0 saturated carbocycles. The van der Waals surface area contributed by atoms with Gasteiger partial charge in [0.2, 0.25) is 0 Å². The molecule has 0 unspecified atom stereocenters. The second-order valence-electron chi connectivity index (χ2n) is 7.25. The Morgan fingerprint density at radius 1 is 0.903 bits per heavy atom. The van der Waals surface area contributed by atoms with E-state index in [9.17, 15) is 13.2 Å². The maximum Gasteiger partial charge on any atom is 0.265 e. The highest BCUT2D eigenvalue weighted by molar-refractivity contribution is 7.92. The molecular formula is C24H26N2O4S. The molecule has 31 heavy (non-hydrogen) atoms. The lowest BCUT2D eigenvalue weighted by Crippen LogP contribution is -2.32. The zero-order valence-electron chi connectivity index (χ0n) is 17.8. The van der Waals surface area contributed by atoms with Gasteiger partial charge in [0.05, 0.1) is 4.90 Å². The summed E-state index contributed by atoms with van der Waals surface area (Å²) in [5.74, 6) is 0.345. The molecule has 7 heteroatoms. The third-order valence-electron chi connectivity index (χ3n) is 4.88. The summed E-state index contributed by atoms with van der Waals surface area (Å²) in [7, 11) is -3.72. The van der Waals surface area contributed by atoms with Crippen molar-refractivity contribution in [1.29, 1.82) is 0 Å². The molecule has 0 heterocycles. The van der Waals surface area contributed by atoms with Crippen molar-refractivity contribution in [3.8, 4) is 5.75 Å². The van der Waals surface area contributed by atoms with E-state index in [0.717, 1.165) is 11.1 Å². The van der Waals surface area contributed by atoms with Crippen molar-refractivity contribution in [2.45, 2.75) is 38.2 Å². The number of amides is 1. The van der Waals surface area contributed by atoms with Gasteiger partial charge < -0.3 is 10.1 Å². The van der Waals surface area contributed by atoms with Crippen LogP contribution in [0.25, 0.3) is 0 Å². The molecule has 3 aromatic rings. The van der Waals surface area contributed by atoms with Crippen LogP contribution in [0, 0.1) is 13.8 Å². The van der Waals surface area contributed by atoms with Crippen LogP contribution in [-0.4, -0.2) is 20.4 Å². The van der Waals surface area contributed by atoms with Crippen LogP contribution in [0.4, 0.5) is 11.4 Å². The summed E-state index contributed by atoms with van der Waals surface area (Å²) in [5.41, 5.74) is 3.22. The van der Waals surface area contributed by atoms with E-state index >= 15 is 0 Å². The number of nitrogens with one attached hydrogen (secondary N) is 2. The van der Waals surface area contributed by atoms with Crippen LogP contribution in [0.3, 0.4) is 0 Å². The van der Waals surface area contributed by atoms with E-state index in [0.29, 0.717) is 23.5 Å². The van der Waals surface area contributed by atoms with Gasteiger partial charge in [-0.15, -0.1) is 0 Å². The van der Waals surface area contributed by atoms with Gasteiger partial charge in [-0.25, -0.2) is 8.42 Å². The smallest absolute Gasteiger partial charge is 0.265 e. The lowest BCUT2D eigenvalue weighted by Gasteiger charge is -2.18. The van der Waals surface area contributed by atoms with E-state index in [-0.39, 0.29) is 10.8 Å². The predicted octanol–water partition coefficient (Wildman–Crippen LogP) is 4.90. The molecule has 0 saturated heterocycles. The maximum atomic E-state index is 12.7. The molecule has 162 valence electrons. The predicted molar refractivity (Wildman–Crippen MR) is 123 cm³/mol. The molecule has 3 rings (SSSR count). The standard InChI is InChI=1S/C24H26N2O4S/c1-4-23(30-21-13-10-17(2)18(3)16-21)24(27)25-19-11-14-22(15-12-19)31(28,29)26-20-8-6-5-7-9-20/h5-16,23,26H,4H2,1-3H3,(H,25,27)/t23-/m0/s1. The number of sulfonamides is 1.